The summed E-state index contributed by atoms with van der Waals surface area (Å²) in [6.07, 6.45) is 9.55. The van der Waals surface area contributed by atoms with Crippen LogP contribution in [0.1, 0.15) is 44.6 Å². The molecule has 0 spiro atoms. The number of hydrogen-bond acceptors (Lipinski definition) is 0. The first-order valence-electron chi connectivity index (χ1n) is 6.27. The lowest BCUT2D eigenvalue weighted by molar-refractivity contribution is 0.354. The monoisotopic (exact) mass is 236 g/mol. The zero-order valence-electron chi connectivity index (χ0n) is 10.2. The highest BCUT2D eigenvalue weighted by molar-refractivity contribution is 5.32. The minimum Gasteiger partial charge on any atom is -0.207 e. The quantitative estimate of drug-likeness (QED) is 0.650. The summed E-state index contributed by atoms with van der Waals surface area (Å²) in [5.41, 5.74) is 0.628. The van der Waals surface area contributed by atoms with E-state index in [4.69, 9.17) is 0 Å². The van der Waals surface area contributed by atoms with E-state index < -0.39 is 11.6 Å². The SMILES string of the molecule is C/C=C/C1(c2cc(F)cc(F)c2)CCCCC1. The lowest BCUT2D eigenvalue weighted by Gasteiger charge is -2.35. The van der Waals surface area contributed by atoms with Gasteiger partial charge in [-0.15, -0.1) is 0 Å². The zero-order chi connectivity index (χ0) is 12.3. The molecule has 17 heavy (non-hydrogen) atoms. The number of hydrogen-bond donors (Lipinski definition) is 0. The second-order valence-electron chi connectivity index (χ2n) is 4.87. The Morgan fingerprint density at radius 2 is 1.59 bits per heavy atom. The molecule has 1 aliphatic carbocycles. The van der Waals surface area contributed by atoms with E-state index in [1.807, 2.05) is 13.0 Å². The van der Waals surface area contributed by atoms with Crippen LogP contribution in [-0.4, -0.2) is 0 Å². The zero-order valence-corrected chi connectivity index (χ0v) is 10.2. The number of benzene rings is 1. The molecule has 0 aliphatic heterocycles. The van der Waals surface area contributed by atoms with E-state index in [-0.39, 0.29) is 5.41 Å². The van der Waals surface area contributed by atoms with Crippen LogP contribution in [0.2, 0.25) is 0 Å². The molecule has 0 radical (unpaired) electrons. The first kappa shape index (κ1) is 12.3. The topological polar surface area (TPSA) is 0 Å². The summed E-state index contributed by atoms with van der Waals surface area (Å²) >= 11 is 0. The third-order valence-corrected chi connectivity index (χ3v) is 3.67. The van der Waals surface area contributed by atoms with E-state index in [1.54, 1.807) is 0 Å². The number of halogens is 2. The van der Waals surface area contributed by atoms with Gasteiger partial charge in [-0.3, -0.25) is 0 Å². The molecule has 2 heteroatoms. The molecule has 0 aromatic heterocycles. The van der Waals surface area contributed by atoms with Crippen molar-refractivity contribution in [3.8, 4) is 0 Å². The minimum absolute atomic E-state index is 0.157. The Hall–Kier alpha value is -1.18. The maximum atomic E-state index is 13.3. The summed E-state index contributed by atoms with van der Waals surface area (Å²) in [4.78, 5) is 0. The van der Waals surface area contributed by atoms with Crippen molar-refractivity contribution in [3.05, 3.63) is 47.5 Å². The molecule has 1 aromatic carbocycles. The summed E-state index contributed by atoms with van der Waals surface area (Å²) in [6.45, 7) is 1.96. The third-order valence-electron chi connectivity index (χ3n) is 3.67. The first-order chi connectivity index (χ1) is 8.16. The fourth-order valence-electron chi connectivity index (χ4n) is 2.89. The molecule has 1 saturated carbocycles. The van der Waals surface area contributed by atoms with Gasteiger partial charge in [-0.1, -0.05) is 31.4 Å². The normalized spacial score (nSPS) is 19.7. The molecule has 0 heterocycles. The predicted octanol–water partition coefficient (Wildman–Crippen LogP) is 4.74. The molecule has 1 fully saturated rings. The number of allylic oxidation sites excluding steroid dienone is 2. The molecular formula is C15H18F2. The van der Waals surface area contributed by atoms with Crippen molar-refractivity contribution in [2.75, 3.05) is 0 Å². The van der Waals surface area contributed by atoms with Crippen molar-refractivity contribution in [2.24, 2.45) is 0 Å². The van der Waals surface area contributed by atoms with Gasteiger partial charge in [0, 0.05) is 11.5 Å². The summed E-state index contributed by atoms with van der Waals surface area (Å²) in [7, 11) is 0. The molecule has 0 N–H and O–H groups in total. The second-order valence-corrected chi connectivity index (χ2v) is 4.87. The van der Waals surface area contributed by atoms with Crippen LogP contribution in [0.5, 0.6) is 0 Å². The van der Waals surface area contributed by atoms with Crippen LogP contribution in [0.3, 0.4) is 0 Å². The molecule has 92 valence electrons. The van der Waals surface area contributed by atoms with E-state index in [0.717, 1.165) is 37.3 Å². The summed E-state index contributed by atoms with van der Waals surface area (Å²) in [5.74, 6) is -0.955. The molecule has 0 atom stereocenters. The van der Waals surface area contributed by atoms with Gasteiger partial charge in [0.05, 0.1) is 0 Å². The van der Waals surface area contributed by atoms with E-state index in [2.05, 4.69) is 6.08 Å². The Morgan fingerprint density at radius 1 is 1.00 bits per heavy atom. The standard InChI is InChI=1S/C15H18F2/c1-2-6-15(7-4-3-5-8-15)12-9-13(16)11-14(17)10-12/h2,6,9-11H,3-5,7-8H2,1H3/b6-2+. The number of rotatable bonds is 2. The smallest absolute Gasteiger partial charge is 0.126 e. The highest BCUT2D eigenvalue weighted by Gasteiger charge is 2.31. The molecule has 1 aliphatic rings. The second kappa shape index (κ2) is 4.99. The Bertz CT molecular complexity index is 395. The van der Waals surface area contributed by atoms with Gasteiger partial charge in [0.1, 0.15) is 11.6 Å². The fraction of sp³-hybridized carbons (Fsp3) is 0.467. The third kappa shape index (κ3) is 2.56. The Balaban J connectivity index is 2.44. The van der Waals surface area contributed by atoms with Gasteiger partial charge >= 0.3 is 0 Å². The fourth-order valence-corrected chi connectivity index (χ4v) is 2.89. The van der Waals surface area contributed by atoms with E-state index in [1.165, 1.54) is 18.6 Å². The Morgan fingerprint density at radius 3 is 2.12 bits per heavy atom. The Kier molecular flexibility index (Phi) is 3.60. The van der Waals surface area contributed by atoms with Crippen LogP contribution in [-0.2, 0) is 5.41 Å². The van der Waals surface area contributed by atoms with E-state index >= 15 is 0 Å². The maximum absolute atomic E-state index is 13.3. The molecule has 0 amide bonds. The molecule has 0 nitrogen and oxygen atoms in total. The maximum Gasteiger partial charge on any atom is 0.126 e. The highest BCUT2D eigenvalue weighted by atomic mass is 19.1. The van der Waals surface area contributed by atoms with Crippen LogP contribution in [0, 0.1) is 11.6 Å². The highest BCUT2D eigenvalue weighted by Crippen LogP contribution is 2.41. The average molecular weight is 236 g/mol. The van der Waals surface area contributed by atoms with Crippen molar-refractivity contribution in [3.63, 3.8) is 0 Å². The van der Waals surface area contributed by atoms with Gasteiger partial charge in [-0.2, -0.15) is 0 Å². The van der Waals surface area contributed by atoms with Crippen LogP contribution in [0.25, 0.3) is 0 Å². The van der Waals surface area contributed by atoms with Gasteiger partial charge in [-0.25, -0.2) is 8.78 Å². The van der Waals surface area contributed by atoms with Crippen molar-refractivity contribution >= 4 is 0 Å². The van der Waals surface area contributed by atoms with Crippen molar-refractivity contribution < 1.29 is 8.78 Å². The lowest BCUT2D eigenvalue weighted by atomic mass is 9.69. The molecule has 1 aromatic rings. The van der Waals surface area contributed by atoms with Gasteiger partial charge in [-0.05, 0) is 37.5 Å². The summed E-state index contributed by atoms with van der Waals surface area (Å²) in [5, 5.41) is 0. The predicted molar refractivity (Wildman–Crippen MR) is 65.9 cm³/mol. The van der Waals surface area contributed by atoms with Crippen LogP contribution >= 0.6 is 0 Å². The minimum atomic E-state index is -0.477. The molecule has 0 unspecified atom stereocenters. The average Bonchev–Trinajstić information content (AvgIpc) is 2.29. The van der Waals surface area contributed by atoms with Crippen LogP contribution < -0.4 is 0 Å². The van der Waals surface area contributed by atoms with Crippen LogP contribution in [0.15, 0.2) is 30.4 Å². The van der Waals surface area contributed by atoms with Gasteiger partial charge in [0.15, 0.2) is 0 Å². The van der Waals surface area contributed by atoms with Gasteiger partial charge < -0.3 is 0 Å². The van der Waals surface area contributed by atoms with Crippen molar-refractivity contribution in [1.82, 2.24) is 0 Å². The largest absolute Gasteiger partial charge is 0.207 e. The first-order valence-corrected chi connectivity index (χ1v) is 6.27. The van der Waals surface area contributed by atoms with E-state index in [0.29, 0.717) is 0 Å². The van der Waals surface area contributed by atoms with Crippen LogP contribution in [0.4, 0.5) is 8.78 Å². The molecular weight excluding hydrogens is 218 g/mol. The lowest BCUT2D eigenvalue weighted by Crippen LogP contribution is -2.26. The van der Waals surface area contributed by atoms with Gasteiger partial charge in [0.25, 0.3) is 0 Å². The van der Waals surface area contributed by atoms with E-state index in [9.17, 15) is 8.78 Å². The molecule has 0 saturated heterocycles. The van der Waals surface area contributed by atoms with Gasteiger partial charge in [0.2, 0.25) is 0 Å². The van der Waals surface area contributed by atoms with Crippen molar-refractivity contribution in [2.45, 2.75) is 44.4 Å². The summed E-state index contributed by atoms with van der Waals surface area (Å²) < 4.78 is 26.7. The van der Waals surface area contributed by atoms with Crippen molar-refractivity contribution in [1.29, 1.82) is 0 Å². The summed E-state index contributed by atoms with van der Waals surface area (Å²) in [6, 6.07) is 3.90. The molecule has 0 bridgehead atoms. The Labute approximate surface area is 101 Å². The molecule has 2 rings (SSSR count).